The molecule has 0 aliphatic rings. The minimum absolute atomic E-state index is 0.653. The molecule has 0 aliphatic heterocycles. The Bertz CT molecular complexity index is 33.0. The molecular weight excluding hydrogens is 52.0 g/mol. The van der Waals surface area contributed by atoms with Crippen LogP contribution in [0.25, 0.3) is 0 Å². The number of aliphatic hydroxyl groups excluding tert-OH is 1. The Balaban J connectivity index is 2.43. The van der Waals surface area contributed by atoms with E-state index >= 15 is 0 Å². The fraction of sp³-hybridized carbons (Fsp3) is 0. The van der Waals surface area contributed by atoms with Crippen molar-refractivity contribution in [1.82, 2.24) is 0 Å². The molecule has 1 radical (unpaired) electrons. The molecule has 0 saturated carbocycles. The van der Waals surface area contributed by atoms with Crippen LogP contribution in [-0.2, 0) is 0 Å². The summed E-state index contributed by atoms with van der Waals surface area (Å²) in [7, 11) is 0. The zero-order valence-electron chi connectivity index (χ0n) is 2.10. The van der Waals surface area contributed by atoms with Gasteiger partial charge in [0.25, 0.3) is 0 Å². The first kappa shape index (κ1) is 3.52. The summed E-state index contributed by atoms with van der Waals surface area (Å²) in [6.07, 6.45) is 4.47. The molecule has 1 N–H and O–H groups in total. The lowest BCUT2D eigenvalue weighted by molar-refractivity contribution is 0.427. The van der Waals surface area contributed by atoms with Gasteiger partial charge in [0.2, 0.25) is 0 Å². The SMILES string of the molecule is C#C[CH]O. The fourth-order valence-electron chi connectivity index (χ4n) is 0. The minimum atomic E-state index is 0.653. The molecule has 0 bridgehead atoms. The van der Waals surface area contributed by atoms with Crippen molar-refractivity contribution < 1.29 is 5.11 Å². The first-order valence-electron chi connectivity index (χ1n) is 0.836. The van der Waals surface area contributed by atoms with Crippen molar-refractivity contribution in [3.63, 3.8) is 0 Å². The van der Waals surface area contributed by atoms with Gasteiger partial charge in [-0.15, -0.1) is 6.42 Å². The summed E-state index contributed by atoms with van der Waals surface area (Å²) in [6, 6.07) is 0. The van der Waals surface area contributed by atoms with E-state index in [9.17, 15) is 0 Å². The van der Waals surface area contributed by atoms with Crippen molar-refractivity contribution in [3.8, 4) is 12.3 Å². The Morgan fingerprint density at radius 1 is 2.00 bits per heavy atom. The third-order valence-corrected chi connectivity index (χ3v) is 0.0745. The van der Waals surface area contributed by atoms with E-state index in [4.69, 9.17) is 5.11 Å². The molecule has 0 rings (SSSR count). The maximum atomic E-state index is 7.51. The predicted octanol–water partition coefficient (Wildman–Crippen LogP) is 0.154. The third-order valence-electron chi connectivity index (χ3n) is 0.0745. The second-order valence-electron chi connectivity index (χ2n) is 0.296. The highest BCUT2D eigenvalue weighted by Gasteiger charge is 1.46. The molecule has 0 aromatic rings. The Hall–Kier alpha value is -0.480. The Labute approximate surface area is 25.3 Å². The minimum Gasteiger partial charge on any atom is -0.377 e. The smallest absolute Gasteiger partial charge is 0.151 e. The molecule has 1 nitrogen and oxygen atoms in total. The first-order chi connectivity index (χ1) is 1.91. The van der Waals surface area contributed by atoms with Gasteiger partial charge in [0.15, 0.2) is 6.61 Å². The second kappa shape index (κ2) is 2.52. The highest BCUT2D eigenvalue weighted by atomic mass is 16.2. The van der Waals surface area contributed by atoms with Crippen molar-refractivity contribution in [1.29, 1.82) is 0 Å². The molecule has 0 amide bonds. The molecule has 1 heteroatoms. The van der Waals surface area contributed by atoms with Crippen molar-refractivity contribution in [3.05, 3.63) is 6.61 Å². The van der Waals surface area contributed by atoms with Gasteiger partial charge in [0, 0.05) is 0 Å². The van der Waals surface area contributed by atoms with E-state index in [0.717, 1.165) is 0 Å². The second-order valence-corrected chi connectivity index (χ2v) is 0.296. The topological polar surface area (TPSA) is 20.2 Å². The van der Waals surface area contributed by atoms with Gasteiger partial charge in [0.05, 0.1) is 0 Å². The molecule has 0 spiro atoms. The number of terminal acetylenes is 1. The average Bonchev–Trinajstić information content (AvgIpc) is 1.37. The Morgan fingerprint density at radius 3 is 2.25 bits per heavy atom. The lowest BCUT2D eigenvalue weighted by atomic mass is 10.8. The molecule has 0 atom stereocenters. The van der Waals surface area contributed by atoms with Gasteiger partial charge in [-0.05, 0) is 0 Å². The highest BCUT2D eigenvalue weighted by Crippen LogP contribution is 1.46. The number of hydrogen-bond donors (Lipinski definition) is 1. The van der Waals surface area contributed by atoms with Gasteiger partial charge in [-0.25, -0.2) is 0 Å². The van der Waals surface area contributed by atoms with Crippen molar-refractivity contribution >= 4 is 0 Å². The Kier molecular flexibility index (Phi) is 2.22. The molecule has 21 valence electrons. The summed E-state index contributed by atoms with van der Waals surface area (Å²) in [5.74, 6) is 1.86. The van der Waals surface area contributed by atoms with Gasteiger partial charge in [0.1, 0.15) is 0 Å². The van der Waals surface area contributed by atoms with Crippen LogP contribution in [-0.4, -0.2) is 5.11 Å². The number of aliphatic hydroxyl groups is 1. The molecule has 0 unspecified atom stereocenters. The molecule has 0 saturated heterocycles. The molecule has 0 heterocycles. The van der Waals surface area contributed by atoms with Gasteiger partial charge >= 0.3 is 0 Å². The molecule has 0 aliphatic carbocycles. The predicted molar refractivity (Wildman–Crippen MR) is 15.1 cm³/mol. The standard InChI is InChI=1S/C3H3O/c1-2-3-4/h1,3-4H. The molecular formula is C3H3O. The third kappa shape index (κ3) is 1.52. The van der Waals surface area contributed by atoms with E-state index < -0.39 is 0 Å². The van der Waals surface area contributed by atoms with Gasteiger partial charge in [-0.1, -0.05) is 5.92 Å². The van der Waals surface area contributed by atoms with Crippen LogP contribution in [0, 0.1) is 19.0 Å². The zero-order valence-corrected chi connectivity index (χ0v) is 2.10. The van der Waals surface area contributed by atoms with Crippen LogP contribution in [0.5, 0.6) is 0 Å². The summed E-state index contributed by atoms with van der Waals surface area (Å²) >= 11 is 0. The van der Waals surface area contributed by atoms with E-state index in [-0.39, 0.29) is 0 Å². The monoisotopic (exact) mass is 55.0 g/mol. The Morgan fingerprint density at radius 2 is 2.25 bits per heavy atom. The van der Waals surface area contributed by atoms with Crippen LogP contribution in [0.2, 0.25) is 0 Å². The summed E-state index contributed by atoms with van der Waals surface area (Å²) < 4.78 is 0. The van der Waals surface area contributed by atoms with Crippen LogP contribution in [0.4, 0.5) is 0 Å². The van der Waals surface area contributed by atoms with Crippen LogP contribution in [0.3, 0.4) is 0 Å². The highest BCUT2D eigenvalue weighted by molar-refractivity contribution is 4.91. The zero-order chi connectivity index (χ0) is 3.41. The van der Waals surface area contributed by atoms with Gasteiger partial charge in [-0.2, -0.15) is 0 Å². The summed E-state index contributed by atoms with van der Waals surface area (Å²) in [5, 5.41) is 7.51. The van der Waals surface area contributed by atoms with Gasteiger partial charge < -0.3 is 5.11 Å². The van der Waals surface area contributed by atoms with E-state index in [1.54, 1.807) is 0 Å². The van der Waals surface area contributed by atoms with E-state index in [1.807, 2.05) is 5.92 Å². The van der Waals surface area contributed by atoms with E-state index in [1.165, 1.54) is 0 Å². The lowest BCUT2D eigenvalue weighted by Gasteiger charge is -1.53. The number of hydrogen-bond acceptors (Lipinski definition) is 1. The average molecular weight is 55.1 g/mol. The summed E-state index contributed by atoms with van der Waals surface area (Å²) in [4.78, 5) is 0. The van der Waals surface area contributed by atoms with Gasteiger partial charge in [-0.3, -0.25) is 0 Å². The largest absolute Gasteiger partial charge is 0.377 e. The van der Waals surface area contributed by atoms with E-state index in [0.29, 0.717) is 6.61 Å². The quantitative estimate of drug-likeness (QED) is 0.391. The maximum absolute atomic E-state index is 7.51. The lowest BCUT2D eigenvalue weighted by Crippen LogP contribution is -1.51. The van der Waals surface area contributed by atoms with Crippen LogP contribution < -0.4 is 0 Å². The van der Waals surface area contributed by atoms with Crippen molar-refractivity contribution in [2.45, 2.75) is 0 Å². The van der Waals surface area contributed by atoms with Crippen LogP contribution in [0.15, 0.2) is 0 Å². The van der Waals surface area contributed by atoms with Crippen molar-refractivity contribution in [2.24, 2.45) is 0 Å². The number of rotatable bonds is 0. The molecule has 0 fully saturated rings. The van der Waals surface area contributed by atoms with Crippen LogP contribution >= 0.6 is 0 Å². The van der Waals surface area contributed by atoms with Crippen molar-refractivity contribution in [2.75, 3.05) is 0 Å². The molecule has 4 heavy (non-hydrogen) atoms. The molecule has 0 aromatic carbocycles. The first-order valence-corrected chi connectivity index (χ1v) is 0.836. The fourth-order valence-corrected chi connectivity index (χ4v) is 0. The maximum Gasteiger partial charge on any atom is 0.151 e. The van der Waals surface area contributed by atoms with E-state index in [2.05, 4.69) is 6.42 Å². The van der Waals surface area contributed by atoms with Crippen LogP contribution in [0.1, 0.15) is 0 Å². The summed E-state index contributed by atoms with van der Waals surface area (Å²) in [6.45, 7) is 0.653. The normalized spacial score (nSPS) is 5.00. The molecule has 0 aromatic heterocycles. The summed E-state index contributed by atoms with van der Waals surface area (Å²) in [5.41, 5.74) is 0.